The van der Waals surface area contributed by atoms with Crippen molar-refractivity contribution >= 4 is 5.97 Å². The minimum absolute atomic E-state index is 0.208. The van der Waals surface area contributed by atoms with Gasteiger partial charge in [-0.3, -0.25) is 0 Å². The number of hydrogen-bond donors (Lipinski definition) is 0. The predicted octanol–water partition coefficient (Wildman–Crippen LogP) is 1.65. The standard InChI is InChI=1S/C12H12O4/c1-14-9-6-11(13)16-12(9)10-5-7-3-2-4-8(7)15-10/h2-3,6-8H,4-5H2,1H3/b12-10+/t7-,8-/m0/s1. The first-order valence-electron chi connectivity index (χ1n) is 5.32. The summed E-state index contributed by atoms with van der Waals surface area (Å²) in [6, 6.07) is 0. The highest BCUT2D eigenvalue weighted by molar-refractivity contribution is 5.87. The smallest absolute Gasteiger partial charge is 0.340 e. The second-order valence-electron chi connectivity index (χ2n) is 4.07. The van der Waals surface area contributed by atoms with E-state index in [9.17, 15) is 4.79 Å². The van der Waals surface area contributed by atoms with Crippen molar-refractivity contribution in [2.24, 2.45) is 5.92 Å². The molecule has 0 aromatic rings. The van der Waals surface area contributed by atoms with Crippen molar-refractivity contribution in [2.45, 2.75) is 18.9 Å². The molecule has 16 heavy (non-hydrogen) atoms. The first-order valence-corrected chi connectivity index (χ1v) is 5.32. The Hall–Kier alpha value is -1.71. The first kappa shape index (κ1) is 9.51. The lowest BCUT2D eigenvalue weighted by molar-refractivity contribution is -0.132. The molecule has 0 aromatic heterocycles. The van der Waals surface area contributed by atoms with Crippen LogP contribution in [0.25, 0.3) is 0 Å². The third-order valence-electron chi connectivity index (χ3n) is 3.09. The van der Waals surface area contributed by atoms with Crippen LogP contribution in [0.5, 0.6) is 0 Å². The third kappa shape index (κ3) is 1.33. The van der Waals surface area contributed by atoms with Gasteiger partial charge in [0.1, 0.15) is 11.9 Å². The first-order chi connectivity index (χ1) is 7.78. The summed E-state index contributed by atoms with van der Waals surface area (Å²) < 4.78 is 15.9. The van der Waals surface area contributed by atoms with Gasteiger partial charge in [0.2, 0.25) is 5.76 Å². The molecule has 1 aliphatic carbocycles. The van der Waals surface area contributed by atoms with Crippen LogP contribution in [0.1, 0.15) is 12.8 Å². The Balaban J connectivity index is 1.90. The van der Waals surface area contributed by atoms with E-state index in [2.05, 4.69) is 12.2 Å². The fourth-order valence-electron chi connectivity index (χ4n) is 2.31. The third-order valence-corrected chi connectivity index (χ3v) is 3.09. The Morgan fingerprint density at radius 1 is 1.50 bits per heavy atom. The van der Waals surface area contributed by atoms with Gasteiger partial charge in [0.05, 0.1) is 13.2 Å². The average Bonchev–Trinajstić information content (AvgIpc) is 2.88. The van der Waals surface area contributed by atoms with Crippen molar-refractivity contribution < 1.29 is 19.0 Å². The zero-order chi connectivity index (χ0) is 11.1. The number of ether oxygens (including phenoxy) is 3. The molecule has 0 saturated carbocycles. The number of carbonyl (C=O) groups is 1. The molecule has 1 saturated heterocycles. The van der Waals surface area contributed by atoms with E-state index in [0.29, 0.717) is 17.4 Å². The number of hydrogen-bond acceptors (Lipinski definition) is 4. The largest absolute Gasteiger partial charge is 0.492 e. The SMILES string of the molecule is COC1=CC(=O)O/C1=C1\C[C@@H]2C=CC[C@@H]2O1. The van der Waals surface area contributed by atoms with Crippen LogP contribution in [0.2, 0.25) is 0 Å². The maximum atomic E-state index is 11.1. The molecular weight excluding hydrogens is 208 g/mol. The van der Waals surface area contributed by atoms with E-state index in [-0.39, 0.29) is 6.10 Å². The van der Waals surface area contributed by atoms with Gasteiger partial charge in [0.25, 0.3) is 0 Å². The van der Waals surface area contributed by atoms with Crippen molar-refractivity contribution in [3.8, 4) is 0 Å². The van der Waals surface area contributed by atoms with Crippen molar-refractivity contribution in [3.63, 3.8) is 0 Å². The molecule has 1 fully saturated rings. The Kier molecular flexibility index (Phi) is 2.02. The second kappa shape index (κ2) is 3.40. The fourth-order valence-corrected chi connectivity index (χ4v) is 2.31. The van der Waals surface area contributed by atoms with Crippen LogP contribution >= 0.6 is 0 Å². The maximum Gasteiger partial charge on any atom is 0.340 e. The number of cyclic esters (lactones) is 1. The van der Waals surface area contributed by atoms with Crippen molar-refractivity contribution in [1.82, 2.24) is 0 Å². The summed E-state index contributed by atoms with van der Waals surface area (Å²) in [6.45, 7) is 0. The maximum absolute atomic E-state index is 11.1. The highest BCUT2D eigenvalue weighted by Gasteiger charge is 2.37. The summed E-state index contributed by atoms with van der Waals surface area (Å²) in [5.41, 5.74) is 0. The zero-order valence-electron chi connectivity index (χ0n) is 8.93. The Bertz CT molecular complexity index is 430. The number of esters is 1. The minimum atomic E-state index is -0.393. The number of fused-ring (bicyclic) bond motifs is 1. The van der Waals surface area contributed by atoms with E-state index < -0.39 is 5.97 Å². The van der Waals surface area contributed by atoms with Crippen LogP contribution in [0.4, 0.5) is 0 Å². The topological polar surface area (TPSA) is 44.8 Å². The summed E-state index contributed by atoms with van der Waals surface area (Å²) in [5, 5.41) is 0. The van der Waals surface area contributed by atoms with E-state index in [1.54, 1.807) is 0 Å². The lowest BCUT2D eigenvalue weighted by Crippen LogP contribution is -2.07. The predicted molar refractivity (Wildman–Crippen MR) is 54.9 cm³/mol. The molecule has 0 radical (unpaired) electrons. The van der Waals surface area contributed by atoms with Crippen LogP contribution in [-0.2, 0) is 19.0 Å². The molecule has 3 aliphatic rings. The Morgan fingerprint density at radius 2 is 2.38 bits per heavy atom. The highest BCUT2D eigenvalue weighted by atomic mass is 16.6. The van der Waals surface area contributed by atoms with E-state index >= 15 is 0 Å². The molecule has 4 nitrogen and oxygen atoms in total. The summed E-state index contributed by atoms with van der Waals surface area (Å²) >= 11 is 0. The van der Waals surface area contributed by atoms with Crippen molar-refractivity contribution in [1.29, 1.82) is 0 Å². The van der Waals surface area contributed by atoms with E-state index in [0.717, 1.165) is 18.6 Å². The second-order valence-corrected chi connectivity index (χ2v) is 4.07. The van der Waals surface area contributed by atoms with Crippen LogP contribution in [0, 0.1) is 5.92 Å². The van der Waals surface area contributed by atoms with Gasteiger partial charge < -0.3 is 14.2 Å². The van der Waals surface area contributed by atoms with Gasteiger partial charge in [-0.15, -0.1) is 0 Å². The van der Waals surface area contributed by atoms with Gasteiger partial charge >= 0.3 is 5.97 Å². The molecule has 0 aromatic carbocycles. The molecule has 0 unspecified atom stereocenters. The molecule has 4 heteroatoms. The lowest BCUT2D eigenvalue weighted by Gasteiger charge is -2.09. The van der Waals surface area contributed by atoms with Crippen molar-refractivity contribution in [2.75, 3.05) is 7.11 Å². The van der Waals surface area contributed by atoms with Gasteiger partial charge in [-0.1, -0.05) is 12.2 Å². The molecule has 2 heterocycles. The monoisotopic (exact) mass is 220 g/mol. The fraction of sp³-hybridized carbons (Fsp3) is 0.417. The molecule has 0 spiro atoms. The van der Waals surface area contributed by atoms with Gasteiger partial charge in [-0.25, -0.2) is 4.79 Å². The lowest BCUT2D eigenvalue weighted by atomic mass is 10.0. The summed E-state index contributed by atoms with van der Waals surface area (Å²) in [5.74, 6) is 1.67. The van der Waals surface area contributed by atoms with Crippen molar-refractivity contribution in [3.05, 3.63) is 35.5 Å². The number of allylic oxidation sites excluding steroid dienone is 1. The molecule has 3 rings (SSSR count). The summed E-state index contributed by atoms with van der Waals surface area (Å²) in [6.07, 6.45) is 7.55. The molecule has 2 aliphatic heterocycles. The van der Waals surface area contributed by atoms with Crippen LogP contribution in [0.3, 0.4) is 0 Å². The van der Waals surface area contributed by atoms with Crippen LogP contribution in [0.15, 0.2) is 35.5 Å². The number of rotatable bonds is 1. The quantitative estimate of drug-likeness (QED) is 0.498. The molecule has 2 atom stereocenters. The zero-order valence-corrected chi connectivity index (χ0v) is 8.93. The van der Waals surface area contributed by atoms with E-state index in [4.69, 9.17) is 14.2 Å². The molecule has 0 amide bonds. The van der Waals surface area contributed by atoms with Gasteiger partial charge in [-0.05, 0) is 0 Å². The Morgan fingerprint density at radius 3 is 3.12 bits per heavy atom. The molecule has 0 N–H and O–H groups in total. The van der Waals surface area contributed by atoms with Crippen LogP contribution in [-0.4, -0.2) is 19.2 Å². The number of carbonyl (C=O) groups excluding carboxylic acids is 1. The highest BCUT2D eigenvalue weighted by Crippen LogP contribution is 2.40. The molecular formula is C12H12O4. The average molecular weight is 220 g/mol. The summed E-state index contributed by atoms with van der Waals surface area (Å²) in [4.78, 5) is 11.1. The van der Waals surface area contributed by atoms with E-state index in [1.165, 1.54) is 13.2 Å². The van der Waals surface area contributed by atoms with Gasteiger partial charge in [-0.2, -0.15) is 0 Å². The number of methoxy groups -OCH3 is 1. The molecule has 0 bridgehead atoms. The normalized spacial score (nSPS) is 35.8. The van der Waals surface area contributed by atoms with Gasteiger partial charge in [0, 0.05) is 18.8 Å². The Labute approximate surface area is 93.2 Å². The summed E-state index contributed by atoms with van der Waals surface area (Å²) in [7, 11) is 1.52. The van der Waals surface area contributed by atoms with E-state index in [1.807, 2.05) is 0 Å². The van der Waals surface area contributed by atoms with Gasteiger partial charge in [0.15, 0.2) is 5.76 Å². The molecule has 84 valence electrons. The van der Waals surface area contributed by atoms with Crippen LogP contribution < -0.4 is 0 Å². The minimum Gasteiger partial charge on any atom is -0.492 e.